The maximum absolute atomic E-state index is 12.0. The topological polar surface area (TPSA) is 82.3 Å². The molecule has 3 aromatic rings. The number of rotatable bonds is 7. The number of hydrogen-bond donors (Lipinski definition) is 0. The molecule has 0 fully saturated rings. The van der Waals surface area contributed by atoms with E-state index in [2.05, 4.69) is 26.1 Å². The Bertz CT molecular complexity index is 909. The van der Waals surface area contributed by atoms with Crippen LogP contribution in [0.25, 0.3) is 11.4 Å². The number of benzene rings is 2. The number of esters is 1. The van der Waals surface area contributed by atoms with E-state index in [0.717, 1.165) is 10.0 Å². The lowest BCUT2D eigenvalue weighted by atomic mass is 10.1. The van der Waals surface area contributed by atoms with E-state index in [1.54, 1.807) is 24.3 Å². The average Bonchev–Trinajstić information content (AvgIpc) is 3.14. The first-order chi connectivity index (χ1) is 12.6. The minimum absolute atomic E-state index is 0.000351. The number of nitrogens with zero attached hydrogens (tertiary/aromatic N) is 2. The highest BCUT2D eigenvalue weighted by atomic mass is 79.9. The molecule has 26 heavy (non-hydrogen) atoms. The molecule has 0 radical (unpaired) electrons. The Morgan fingerprint density at radius 2 is 1.85 bits per heavy atom. The van der Waals surface area contributed by atoms with Crippen LogP contribution in [0.15, 0.2) is 63.6 Å². The third-order valence-electron chi connectivity index (χ3n) is 3.56. The monoisotopic (exact) mass is 414 g/mol. The summed E-state index contributed by atoms with van der Waals surface area (Å²) in [5.41, 5.74) is 1.37. The molecular formula is C19H15BrN2O4. The summed E-state index contributed by atoms with van der Waals surface area (Å²) >= 11 is 3.38. The SMILES string of the molecule is O=C(CCC(=O)c1ccccc1)OCc1nc(-c2cccc(Br)c2)no1. The third-order valence-corrected chi connectivity index (χ3v) is 4.05. The Labute approximate surface area is 158 Å². The van der Waals surface area contributed by atoms with Crippen LogP contribution < -0.4 is 0 Å². The minimum atomic E-state index is -0.489. The van der Waals surface area contributed by atoms with E-state index in [0.29, 0.717) is 11.4 Å². The summed E-state index contributed by atoms with van der Waals surface area (Å²) in [5, 5.41) is 3.87. The summed E-state index contributed by atoms with van der Waals surface area (Å²) < 4.78 is 11.1. The second kappa shape index (κ2) is 8.53. The minimum Gasteiger partial charge on any atom is -0.456 e. The van der Waals surface area contributed by atoms with Crippen LogP contribution in [0.4, 0.5) is 0 Å². The van der Waals surface area contributed by atoms with Crippen molar-refractivity contribution >= 4 is 27.7 Å². The zero-order chi connectivity index (χ0) is 18.4. The Balaban J connectivity index is 1.48. The number of Topliss-reactive ketones (excluding diaryl/α,β-unsaturated/α-hetero) is 1. The van der Waals surface area contributed by atoms with Crippen molar-refractivity contribution in [1.29, 1.82) is 0 Å². The van der Waals surface area contributed by atoms with Crippen molar-refractivity contribution in [2.75, 3.05) is 0 Å². The van der Waals surface area contributed by atoms with Gasteiger partial charge in [-0.2, -0.15) is 4.98 Å². The summed E-state index contributed by atoms with van der Waals surface area (Å²) in [7, 11) is 0. The second-order valence-corrected chi connectivity index (χ2v) is 6.39. The Hall–Kier alpha value is -2.80. The van der Waals surface area contributed by atoms with Crippen molar-refractivity contribution in [3.8, 4) is 11.4 Å². The van der Waals surface area contributed by atoms with Crippen LogP contribution in [-0.4, -0.2) is 21.9 Å². The molecule has 0 unspecified atom stereocenters. The Morgan fingerprint density at radius 1 is 1.04 bits per heavy atom. The zero-order valence-electron chi connectivity index (χ0n) is 13.7. The fraction of sp³-hybridized carbons (Fsp3) is 0.158. The molecule has 6 nitrogen and oxygen atoms in total. The standard InChI is InChI=1S/C19H15BrN2O4/c20-15-8-4-7-14(11-15)19-21-17(26-22-19)12-25-18(24)10-9-16(23)13-5-2-1-3-6-13/h1-8,11H,9-10,12H2. The van der Waals surface area contributed by atoms with E-state index in [4.69, 9.17) is 9.26 Å². The van der Waals surface area contributed by atoms with Crippen LogP contribution in [0.1, 0.15) is 29.1 Å². The summed E-state index contributed by atoms with van der Waals surface area (Å²) in [6.07, 6.45) is 0.0936. The van der Waals surface area contributed by atoms with Crippen LogP contribution in [0.2, 0.25) is 0 Å². The van der Waals surface area contributed by atoms with Crippen molar-refractivity contribution in [3.63, 3.8) is 0 Å². The van der Waals surface area contributed by atoms with Crippen molar-refractivity contribution in [2.24, 2.45) is 0 Å². The molecule has 7 heteroatoms. The van der Waals surface area contributed by atoms with Gasteiger partial charge in [0.2, 0.25) is 5.82 Å². The van der Waals surface area contributed by atoms with Crippen molar-refractivity contribution < 1.29 is 18.8 Å². The third kappa shape index (κ3) is 4.86. The number of halogens is 1. The van der Waals surface area contributed by atoms with E-state index >= 15 is 0 Å². The molecule has 1 aromatic heterocycles. The van der Waals surface area contributed by atoms with Crippen LogP contribution >= 0.6 is 15.9 Å². The molecule has 0 amide bonds. The summed E-state index contributed by atoms with van der Waals surface area (Å²) in [6.45, 7) is -0.126. The molecule has 0 aliphatic carbocycles. The molecule has 0 bridgehead atoms. The fourth-order valence-electron chi connectivity index (χ4n) is 2.26. The van der Waals surface area contributed by atoms with Crippen LogP contribution in [0.3, 0.4) is 0 Å². The lowest BCUT2D eigenvalue weighted by Gasteiger charge is -2.02. The quantitative estimate of drug-likeness (QED) is 0.425. The van der Waals surface area contributed by atoms with Gasteiger partial charge >= 0.3 is 5.97 Å². The van der Waals surface area contributed by atoms with Gasteiger partial charge in [-0.1, -0.05) is 63.6 Å². The Morgan fingerprint density at radius 3 is 2.62 bits per heavy atom. The molecule has 0 aliphatic heterocycles. The molecule has 3 rings (SSSR count). The first-order valence-corrected chi connectivity index (χ1v) is 8.73. The van der Waals surface area contributed by atoms with E-state index in [-0.39, 0.29) is 31.1 Å². The lowest BCUT2D eigenvalue weighted by molar-refractivity contribution is -0.145. The predicted octanol–water partition coefficient (Wildman–Crippen LogP) is 4.21. The summed E-state index contributed by atoms with van der Waals surface area (Å²) in [5.74, 6) is 0.0214. The van der Waals surface area contributed by atoms with Gasteiger partial charge in [-0.3, -0.25) is 9.59 Å². The van der Waals surface area contributed by atoms with Gasteiger partial charge in [0.15, 0.2) is 12.4 Å². The van der Waals surface area contributed by atoms with E-state index in [1.807, 2.05) is 30.3 Å². The number of ketones is 1. The van der Waals surface area contributed by atoms with Gasteiger partial charge in [0.25, 0.3) is 5.89 Å². The van der Waals surface area contributed by atoms with Crippen LogP contribution in [-0.2, 0) is 16.1 Å². The van der Waals surface area contributed by atoms with Gasteiger partial charge < -0.3 is 9.26 Å². The number of aromatic nitrogens is 2. The summed E-state index contributed by atoms with van der Waals surface area (Å²) in [4.78, 5) is 28.0. The molecule has 2 aromatic carbocycles. The van der Waals surface area contributed by atoms with Crippen LogP contribution in [0.5, 0.6) is 0 Å². The predicted molar refractivity (Wildman–Crippen MR) is 97.2 cm³/mol. The molecule has 0 saturated carbocycles. The second-order valence-electron chi connectivity index (χ2n) is 5.47. The number of hydrogen-bond acceptors (Lipinski definition) is 6. The van der Waals surface area contributed by atoms with Gasteiger partial charge in [0, 0.05) is 22.0 Å². The van der Waals surface area contributed by atoms with Crippen molar-refractivity contribution in [1.82, 2.24) is 10.1 Å². The number of carbonyl (C=O) groups excluding carboxylic acids is 2. The van der Waals surface area contributed by atoms with Gasteiger partial charge in [-0.05, 0) is 12.1 Å². The largest absolute Gasteiger partial charge is 0.456 e. The zero-order valence-corrected chi connectivity index (χ0v) is 15.3. The highest BCUT2D eigenvalue weighted by molar-refractivity contribution is 9.10. The van der Waals surface area contributed by atoms with Crippen LogP contribution in [0, 0.1) is 0 Å². The van der Waals surface area contributed by atoms with E-state index in [1.165, 1.54) is 0 Å². The van der Waals surface area contributed by atoms with E-state index in [9.17, 15) is 9.59 Å². The molecule has 132 valence electrons. The first kappa shape index (κ1) is 18.0. The summed E-state index contributed by atoms with van der Waals surface area (Å²) in [6, 6.07) is 16.3. The number of ether oxygens (including phenoxy) is 1. The molecule has 0 spiro atoms. The van der Waals surface area contributed by atoms with Crippen molar-refractivity contribution in [2.45, 2.75) is 19.4 Å². The van der Waals surface area contributed by atoms with Gasteiger partial charge in [-0.25, -0.2) is 0 Å². The smallest absolute Gasteiger partial charge is 0.306 e. The highest BCUT2D eigenvalue weighted by Gasteiger charge is 2.13. The van der Waals surface area contributed by atoms with Gasteiger partial charge in [-0.15, -0.1) is 0 Å². The van der Waals surface area contributed by atoms with Crippen molar-refractivity contribution in [3.05, 3.63) is 70.5 Å². The maximum Gasteiger partial charge on any atom is 0.306 e. The van der Waals surface area contributed by atoms with Gasteiger partial charge in [0.1, 0.15) is 0 Å². The van der Waals surface area contributed by atoms with E-state index < -0.39 is 5.97 Å². The molecule has 0 atom stereocenters. The molecule has 1 heterocycles. The normalized spacial score (nSPS) is 10.5. The Kier molecular flexibility index (Phi) is 5.91. The molecule has 0 N–H and O–H groups in total. The fourth-order valence-corrected chi connectivity index (χ4v) is 2.66. The maximum atomic E-state index is 12.0. The average molecular weight is 415 g/mol. The van der Waals surface area contributed by atoms with Gasteiger partial charge in [0.05, 0.1) is 6.42 Å². The molecule has 0 saturated heterocycles. The highest BCUT2D eigenvalue weighted by Crippen LogP contribution is 2.20. The first-order valence-electron chi connectivity index (χ1n) is 7.94. The number of carbonyl (C=O) groups is 2. The lowest BCUT2D eigenvalue weighted by Crippen LogP contribution is -2.08. The molecular weight excluding hydrogens is 400 g/mol. The molecule has 0 aliphatic rings.